The lowest BCUT2D eigenvalue weighted by Gasteiger charge is -2.12. The largest absolute Gasteiger partial charge is 0.294 e. The Morgan fingerprint density at radius 3 is 2.71 bits per heavy atom. The normalized spacial score (nSPS) is 12.3. The van der Waals surface area contributed by atoms with E-state index in [2.05, 4.69) is 33.6 Å². The first kappa shape index (κ1) is 14.4. The number of nitriles is 1. The van der Waals surface area contributed by atoms with E-state index in [0.29, 0.717) is 5.56 Å². The lowest BCUT2D eigenvalue weighted by Crippen LogP contribution is -2.03. The minimum absolute atomic E-state index is 0.223. The number of halogens is 2. The van der Waals surface area contributed by atoms with Crippen molar-refractivity contribution in [1.29, 1.82) is 5.26 Å². The van der Waals surface area contributed by atoms with Gasteiger partial charge in [-0.15, -0.1) is 11.6 Å². The fourth-order valence-electron chi connectivity index (χ4n) is 2.32. The lowest BCUT2D eigenvalue weighted by atomic mass is 10.2. The van der Waals surface area contributed by atoms with Crippen LogP contribution in [0.15, 0.2) is 42.5 Å². The molecule has 0 bridgehead atoms. The molecule has 0 amide bonds. The molecule has 0 aliphatic carbocycles. The summed E-state index contributed by atoms with van der Waals surface area (Å²) in [6, 6.07) is 15.7. The fraction of sp³-hybridized carbons (Fsp3) is 0.125. The molecule has 3 aromatic rings. The molecule has 0 saturated heterocycles. The molecule has 0 spiro atoms. The van der Waals surface area contributed by atoms with Crippen LogP contribution in [0.2, 0.25) is 0 Å². The zero-order valence-electron chi connectivity index (χ0n) is 11.2. The topological polar surface area (TPSA) is 41.6 Å². The predicted molar refractivity (Wildman–Crippen MR) is 92.8 cm³/mol. The van der Waals surface area contributed by atoms with Gasteiger partial charge in [0.05, 0.1) is 33.7 Å². The Balaban J connectivity index is 2.40. The standard InChI is InChI=1S/C16H11ClIN3/c1-10(17)16-20-13-7-6-11(9-19)8-15(13)21(16)14-5-3-2-4-12(14)18/h2-8,10H,1H3. The second-order valence-electron chi connectivity index (χ2n) is 4.69. The number of alkyl halides is 1. The van der Waals surface area contributed by atoms with E-state index in [9.17, 15) is 0 Å². The average molecular weight is 408 g/mol. The van der Waals surface area contributed by atoms with Crippen LogP contribution in [0.1, 0.15) is 23.7 Å². The van der Waals surface area contributed by atoms with Crippen LogP contribution in [0.4, 0.5) is 0 Å². The van der Waals surface area contributed by atoms with Crippen LogP contribution < -0.4 is 0 Å². The van der Waals surface area contributed by atoms with Crippen molar-refractivity contribution in [3.05, 3.63) is 57.4 Å². The van der Waals surface area contributed by atoms with Gasteiger partial charge in [-0.2, -0.15) is 5.26 Å². The third kappa shape index (κ3) is 2.52. The van der Waals surface area contributed by atoms with Gasteiger partial charge in [0, 0.05) is 3.57 Å². The number of rotatable bonds is 2. The molecule has 0 radical (unpaired) electrons. The number of para-hydroxylation sites is 1. The van der Waals surface area contributed by atoms with E-state index in [-0.39, 0.29) is 5.38 Å². The first-order valence-electron chi connectivity index (χ1n) is 6.43. The quantitative estimate of drug-likeness (QED) is 0.452. The van der Waals surface area contributed by atoms with Gasteiger partial charge in [0.2, 0.25) is 0 Å². The van der Waals surface area contributed by atoms with E-state index in [1.165, 1.54) is 0 Å². The number of aromatic nitrogens is 2. The summed E-state index contributed by atoms with van der Waals surface area (Å²) in [6.07, 6.45) is 0. The minimum atomic E-state index is -0.223. The van der Waals surface area contributed by atoms with E-state index < -0.39 is 0 Å². The molecule has 1 unspecified atom stereocenters. The second kappa shape index (κ2) is 5.66. The molecule has 0 saturated carbocycles. The van der Waals surface area contributed by atoms with Crippen molar-refractivity contribution < 1.29 is 0 Å². The molecule has 5 heteroatoms. The van der Waals surface area contributed by atoms with Crippen molar-refractivity contribution >= 4 is 45.2 Å². The molecule has 104 valence electrons. The van der Waals surface area contributed by atoms with Crippen LogP contribution in [0.3, 0.4) is 0 Å². The summed E-state index contributed by atoms with van der Waals surface area (Å²) < 4.78 is 3.14. The molecule has 0 aliphatic rings. The Morgan fingerprint density at radius 1 is 1.29 bits per heavy atom. The van der Waals surface area contributed by atoms with E-state index in [4.69, 9.17) is 16.9 Å². The molecule has 0 N–H and O–H groups in total. The Kier molecular flexibility index (Phi) is 3.87. The molecule has 1 heterocycles. The number of hydrogen-bond donors (Lipinski definition) is 0. The van der Waals surface area contributed by atoms with Crippen molar-refractivity contribution in [1.82, 2.24) is 9.55 Å². The van der Waals surface area contributed by atoms with Gasteiger partial charge < -0.3 is 0 Å². The van der Waals surface area contributed by atoms with Gasteiger partial charge in [0.15, 0.2) is 0 Å². The summed E-state index contributed by atoms with van der Waals surface area (Å²) in [5.41, 5.74) is 3.39. The van der Waals surface area contributed by atoms with Gasteiger partial charge in [0.1, 0.15) is 5.82 Å². The van der Waals surface area contributed by atoms with Gasteiger partial charge >= 0.3 is 0 Å². The summed E-state index contributed by atoms with van der Waals surface area (Å²) in [5, 5.41) is 8.90. The van der Waals surface area contributed by atoms with Gasteiger partial charge in [-0.25, -0.2) is 4.98 Å². The summed E-state index contributed by atoms with van der Waals surface area (Å²) in [4.78, 5) is 4.62. The average Bonchev–Trinajstić information content (AvgIpc) is 2.86. The number of imidazole rings is 1. The van der Waals surface area contributed by atoms with Gasteiger partial charge in [0.25, 0.3) is 0 Å². The van der Waals surface area contributed by atoms with Crippen LogP contribution in [0, 0.1) is 14.9 Å². The van der Waals surface area contributed by atoms with Crippen molar-refractivity contribution in [2.45, 2.75) is 12.3 Å². The molecule has 3 rings (SSSR count). The smallest absolute Gasteiger partial charge is 0.132 e. The van der Waals surface area contributed by atoms with E-state index >= 15 is 0 Å². The van der Waals surface area contributed by atoms with Gasteiger partial charge in [-0.05, 0) is 59.8 Å². The molecule has 21 heavy (non-hydrogen) atoms. The minimum Gasteiger partial charge on any atom is -0.294 e. The highest BCUT2D eigenvalue weighted by Crippen LogP contribution is 2.30. The Labute approximate surface area is 141 Å². The SMILES string of the molecule is CC(Cl)c1nc2ccc(C#N)cc2n1-c1ccccc1I. The first-order chi connectivity index (χ1) is 10.1. The Bertz CT molecular complexity index is 862. The molecule has 2 aromatic carbocycles. The van der Waals surface area contributed by atoms with Crippen LogP contribution in [0.5, 0.6) is 0 Å². The van der Waals surface area contributed by atoms with E-state index in [1.54, 1.807) is 6.07 Å². The number of benzene rings is 2. The molecule has 1 atom stereocenters. The zero-order chi connectivity index (χ0) is 15.0. The molecular formula is C16H11ClIN3. The van der Waals surface area contributed by atoms with Crippen molar-refractivity contribution in [3.8, 4) is 11.8 Å². The highest BCUT2D eigenvalue weighted by molar-refractivity contribution is 14.1. The predicted octanol–water partition coefficient (Wildman–Crippen LogP) is 4.80. The fourth-order valence-corrected chi connectivity index (χ4v) is 3.09. The zero-order valence-corrected chi connectivity index (χ0v) is 14.1. The summed E-state index contributed by atoms with van der Waals surface area (Å²) in [6.45, 7) is 1.90. The van der Waals surface area contributed by atoms with Gasteiger partial charge in [-0.1, -0.05) is 12.1 Å². The maximum absolute atomic E-state index is 9.12. The van der Waals surface area contributed by atoms with E-state index in [1.807, 2.05) is 47.9 Å². The summed E-state index contributed by atoms with van der Waals surface area (Å²) in [7, 11) is 0. The maximum atomic E-state index is 9.12. The third-order valence-corrected chi connectivity index (χ3v) is 4.37. The first-order valence-corrected chi connectivity index (χ1v) is 7.95. The number of fused-ring (bicyclic) bond motifs is 1. The maximum Gasteiger partial charge on any atom is 0.132 e. The highest BCUT2D eigenvalue weighted by atomic mass is 127. The molecule has 0 fully saturated rings. The van der Waals surface area contributed by atoms with Crippen LogP contribution >= 0.6 is 34.2 Å². The van der Waals surface area contributed by atoms with Gasteiger partial charge in [-0.3, -0.25) is 4.57 Å². The monoisotopic (exact) mass is 407 g/mol. The Morgan fingerprint density at radius 2 is 2.05 bits per heavy atom. The molecule has 3 nitrogen and oxygen atoms in total. The van der Waals surface area contributed by atoms with E-state index in [0.717, 1.165) is 26.1 Å². The van der Waals surface area contributed by atoms with Crippen molar-refractivity contribution in [3.63, 3.8) is 0 Å². The van der Waals surface area contributed by atoms with Crippen molar-refractivity contribution in [2.24, 2.45) is 0 Å². The molecule has 0 aliphatic heterocycles. The third-order valence-electron chi connectivity index (χ3n) is 3.26. The summed E-state index contributed by atoms with van der Waals surface area (Å²) in [5.74, 6) is 0.783. The Hall–Kier alpha value is -1.58. The molecule has 1 aromatic heterocycles. The number of nitrogens with zero attached hydrogens (tertiary/aromatic N) is 3. The number of hydrogen-bond acceptors (Lipinski definition) is 2. The summed E-state index contributed by atoms with van der Waals surface area (Å²) >= 11 is 8.60. The van der Waals surface area contributed by atoms with Crippen LogP contribution in [-0.4, -0.2) is 9.55 Å². The second-order valence-corrected chi connectivity index (χ2v) is 6.50. The van der Waals surface area contributed by atoms with Crippen LogP contribution in [0.25, 0.3) is 16.7 Å². The van der Waals surface area contributed by atoms with Crippen LogP contribution in [-0.2, 0) is 0 Å². The lowest BCUT2D eigenvalue weighted by molar-refractivity contribution is 0.880. The molecular weight excluding hydrogens is 397 g/mol. The highest BCUT2D eigenvalue weighted by Gasteiger charge is 2.18. The van der Waals surface area contributed by atoms with Crippen molar-refractivity contribution in [2.75, 3.05) is 0 Å².